The van der Waals surface area contributed by atoms with E-state index in [0.29, 0.717) is 11.4 Å². The highest BCUT2D eigenvalue weighted by molar-refractivity contribution is 5.79. The van der Waals surface area contributed by atoms with Crippen LogP contribution in [-0.4, -0.2) is 15.5 Å². The standard InChI is InChI=1S/C23H24FN3O/c1-27-13-12-25-23(27)22(19-8-4-5-9-20(19)24)26-21(28)15-16-10-11-17-6-2-3-7-18(17)14-16/h4-5,8-14,22H,2-3,6-7,15H2,1H3,(H,26,28)/t22-/m1/s1. The van der Waals surface area contributed by atoms with Crippen molar-refractivity contribution in [2.24, 2.45) is 7.05 Å². The molecule has 144 valence electrons. The molecular weight excluding hydrogens is 353 g/mol. The van der Waals surface area contributed by atoms with Crippen molar-refractivity contribution in [1.82, 2.24) is 14.9 Å². The zero-order chi connectivity index (χ0) is 19.5. The summed E-state index contributed by atoms with van der Waals surface area (Å²) in [4.78, 5) is 17.1. The number of nitrogens with zero attached hydrogens (tertiary/aromatic N) is 2. The van der Waals surface area contributed by atoms with Crippen molar-refractivity contribution in [2.45, 2.75) is 38.1 Å². The lowest BCUT2D eigenvalue weighted by Gasteiger charge is -2.20. The van der Waals surface area contributed by atoms with E-state index in [0.717, 1.165) is 18.4 Å². The van der Waals surface area contributed by atoms with Crippen LogP contribution in [0.5, 0.6) is 0 Å². The Hall–Kier alpha value is -2.95. The first-order chi connectivity index (χ1) is 13.6. The Morgan fingerprint density at radius 2 is 1.96 bits per heavy atom. The zero-order valence-electron chi connectivity index (χ0n) is 16.0. The molecule has 3 aromatic rings. The van der Waals surface area contributed by atoms with Crippen molar-refractivity contribution >= 4 is 5.91 Å². The predicted molar refractivity (Wildman–Crippen MR) is 106 cm³/mol. The summed E-state index contributed by atoms with van der Waals surface area (Å²) in [5.74, 6) is 0.0977. The van der Waals surface area contributed by atoms with Gasteiger partial charge in [0.25, 0.3) is 0 Å². The van der Waals surface area contributed by atoms with Gasteiger partial charge >= 0.3 is 0 Å². The molecule has 0 fully saturated rings. The number of halogens is 1. The van der Waals surface area contributed by atoms with Crippen molar-refractivity contribution < 1.29 is 9.18 Å². The normalized spacial score (nSPS) is 14.4. The minimum atomic E-state index is -0.633. The van der Waals surface area contributed by atoms with Gasteiger partial charge in [-0.3, -0.25) is 4.79 Å². The lowest BCUT2D eigenvalue weighted by Crippen LogP contribution is -2.32. The number of aryl methyl sites for hydroxylation is 3. The largest absolute Gasteiger partial charge is 0.342 e. The lowest BCUT2D eigenvalue weighted by molar-refractivity contribution is -0.121. The number of hydrogen-bond acceptors (Lipinski definition) is 2. The molecule has 1 aliphatic rings. The summed E-state index contributed by atoms with van der Waals surface area (Å²) >= 11 is 0. The second-order valence-corrected chi connectivity index (χ2v) is 7.41. The van der Waals surface area contributed by atoms with E-state index >= 15 is 0 Å². The van der Waals surface area contributed by atoms with E-state index < -0.39 is 6.04 Å². The van der Waals surface area contributed by atoms with Crippen molar-refractivity contribution in [3.8, 4) is 0 Å². The first-order valence-electron chi connectivity index (χ1n) is 9.73. The topological polar surface area (TPSA) is 46.9 Å². The third kappa shape index (κ3) is 3.84. The van der Waals surface area contributed by atoms with E-state index in [1.54, 1.807) is 35.2 Å². The van der Waals surface area contributed by atoms with Crippen LogP contribution in [0, 0.1) is 5.82 Å². The fourth-order valence-electron chi connectivity index (χ4n) is 3.94. The van der Waals surface area contributed by atoms with Crippen molar-refractivity contribution in [3.63, 3.8) is 0 Å². The molecule has 0 bridgehead atoms. The van der Waals surface area contributed by atoms with Crippen LogP contribution in [0.15, 0.2) is 54.9 Å². The molecule has 1 N–H and O–H groups in total. The van der Waals surface area contributed by atoms with Gasteiger partial charge in [0.1, 0.15) is 17.7 Å². The highest BCUT2D eigenvalue weighted by Crippen LogP contribution is 2.25. The van der Waals surface area contributed by atoms with Gasteiger partial charge in [-0.1, -0.05) is 36.4 Å². The summed E-state index contributed by atoms with van der Waals surface area (Å²) in [6.45, 7) is 0. The number of carbonyl (C=O) groups is 1. The van der Waals surface area contributed by atoms with Gasteiger partial charge in [-0.2, -0.15) is 0 Å². The van der Waals surface area contributed by atoms with Crippen LogP contribution in [-0.2, 0) is 31.1 Å². The molecule has 28 heavy (non-hydrogen) atoms. The highest BCUT2D eigenvalue weighted by Gasteiger charge is 2.23. The number of carbonyl (C=O) groups excluding carboxylic acids is 1. The van der Waals surface area contributed by atoms with Crippen LogP contribution in [0.4, 0.5) is 4.39 Å². The number of amides is 1. The van der Waals surface area contributed by atoms with Gasteiger partial charge in [0.2, 0.25) is 5.91 Å². The number of hydrogen-bond donors (Lipinski definition) is 1. The first-order valence-corrected chi connectivity index (χ1v) is 9.73. The number of benzene rings is 2. The van der Waals surface area contributed by atoms with Gasteiger partial charge < -0.3 is 9.88 Å². The molecule has 1 amide bonds. The van der Waals surface area contributed by atoms with Crippen LogP contribution < -0.4 is 5.32 Å². The van der Waals surface area contributed by atoms with Crippen molar-refractivity contribution in [2.75, 3.05) is 0 Å². The molecule has 1 atom stereocenters. The van der Waals surface area contributed by atoms with Crippen LogP contribution >= 0.6 is 0 Å². The number of fused-ring (bicyclic) bond motifs is 1. The summed E-state index contributed by atoms with van der Waals surface area (Å²) < 4.78 is 16.2. The molecule has 1 aliphatic carbocycles. The van der Waals surface area contributed by atoms with E-state index in [4.69, 9.17) is 0 Å². The van der Waals surface area contributed by atoms with Crippen molar-refractivity contribution in [1.29, 1.82) is 0 Å². The van der Waals surface area contributed by atoms with E-state index in [1.165, 1.54) is 30.0 Å². The Labute approximate surface area is 164 Å². The molecule has 4 rings (SSSR count). The van der Waals surface area contributed by atoms with Crippen LogP contribution in [0.2, 0.25) is 0 Å². The van der Waals surface area contributed by atoms with E-state index in [1.807, 2.05) is 13.1 Å². The summed E-state index contributed by atoms with van der Waals surface area (Å²) in [5.41, 5.74) is 4.15. The van der Waals surface area contributed by atoms with Crippen molar-refractivity contribution in [3.05, 3.63) is 88.8 Å². The summed E-state index contributed by atoms with van der Waals surface area (Å²) in [6, 6.07) is 12.2. The minimum Gasteiger partial charge on any atom is -0.342 e. The predicted octanol–water partition coefficient (Wildman–Crippen LogP) is 3.89. The SMILES string of the molecule is Cn1ccnc1[C@H](NC(=O)Cc1ccc2c(c1)CCCC2)c1ccccc1F. The molecule has 0 saturated carbocycles. The Balaban J connectivity index is 1.56. The molecule has 2 aromatic carbocycles. The number of nitrogens with one attached hydrogen (secondary N) is 1. The van der Waals surface area contributed by atoms with Gasteiger partial charge in [-0.05, 0) is 48.4 Å². The molecule has 0 unspecified atom stereocenters. The van der Waals surface area contributed by atoms with Gasteiger partial charge in [0, 0.05) is 25.0 Å². The third-order valence-corrected chi connectivity index (χ3v) is 5.42. The first kappa shape index (κ1) is 18.4. The molecule has 0 radical (unpaired) electrons. The van der Waals surface area contributed by atoms with Crippen LogP contribution in [0.25, 0.3) is 0 Å². The monoisotopic (exact) mass is 377 g/mol. The Morgan fingerprint density at radius 3 is 2.71 bits per heavy atom. The summed E-state index contributed by atoms with van der Waals surface area (Å²) in [7, 11) is 1.84. The highest BCUT2D eigenvalue weighted by atomic mass is 19.1. The molecule has 0 saturated heterocycles. The Morgan fingerprint density at radius 1 is 1.18 bits per heavy atom. The average Bonchev–Trinajstić information content (AvgIpc) is 3.12. The third-order valence-electron chi connectivity index (χ3n) is 5.42. The van der Waals surface area contributed by atoms with Crippen LogP contribution in [0.1, 0.15) is 47.0 Å². The second kappa shape index (κ2) is 7.97. The summed E-state index contributed by atoms with van der Waals surface area (Å²) in [5, 5.41) is 2.98. The molecule has 0 spiro atoms. The maximum absolute atomic E-state index is 14.4. The van der Waals surface area contributed by atoms with Gasteiger partial charge in [-0.25, -0.2) is 9.37 Å². The minimum absolute atomic E-state index is 0.146. The molecule has 5 heteroatoms. The quantitative estimate of drug-likeness (QED) is 0.733. The Bertz CT molecular complexity index is 995. The molecule has 0 aliphatic heterocycles. The smallest absolute Gasteiger partial charge is 0.225 e. The van der Waals surface area contributed by atoms with E-state index in [2.05, 4.69) is 22.4 Å². The maximum Gasteiger partial charge on any atom is 0.225 e. The molecule has 1 heterocycles. The molecule has 1 aromatic heterocycles. The lowest BCUT2D eigenvalue weighted by atomic mass is 9.90. The zero-order valence-corrected chi connectivity index (χ0v) is 16.0. The van der Waals surface area contributed by atoms with E-state index in [9.17, 15) is 9.18 Å². The van der Waals surface area contributed by atoms with Crippen LogP contribution in [0.3, 0.4) is 0 Å². The fraction of sp³-hybridized carbons (Fsp3) is 0.304. The Kier molecular flexibility index (Phi) is 5.24. The number of rotatable bonds is 5. The summed E-state index contributed by atoms with van der Waals surface area (Å²) in [6.07, 6.45) is 8.35. The van der Waals surface area contributed by atoms with Gasteiger partial charge in [-0.15, -0.1) is 0 Å². The van der Waals surface area contributed by atoms with Gasteiger partial charge in [0.15, 0.2) is 0 Å². The average molecular weight is 377 g/mol. The maximum atomic E-state index is 14.4. The number of imidazole rings is 1. The molecule has 4 nitrogen and oxygen atoms in total. The van der Waals surface area contributed by atoms with E-state index in [-0.39, 0.29) is 18.1 Å². The number of aromatic nitrogens is 2. The van der Waals surface area contributed by atoms with Gasteiger partial charge in [0.05, 0.1) is 6.42 Å². The molecular formula is C23H24FN3O. The second-order valence-electron chi connectivity index (χ2n) is 7.41. The fourth-order valence-corrected chi connectivity index (χ4v) is 3.94.